The largest absolute Gasteiger partial charge is 0.338 e. The zero-order valence-electron chi connectivity index (χ0n) is 17.5. The lowest BCUT2D eigenvalue weighted by Crippen LogP contribution is -2.55. The number of hydrogen-bond acceptors (Lipinski definition) is 6. The van der Waals surface area contributed by atoms with E-state index in [0.29, 0.717) is 38.4 Å². The van der Waals surface area contributed by atoms with E-state index in [0.717, 1.165) is 18.7 Å². The minimum Gasteiger partial charge on any atom is -0.338 e. The molecular formula is C20H31N5O3S. The van der Waals surface area contributed by atoms with Crippen LogP contribution in [0, 0.1) is 0 Å². The van der Waals surface area contributed by atoms with E-state index >= 15 is 0 Å². The van der Waals surface area contributed by atoms with Gasteiger partial charge in [-0.15, -0.1) is 0 Å². The van der Waals surface area contributed by atoms with E-state index in [9.17, 15) is 14.4 Å². The highest BCUT2D eigenvalue weighted by molar-refractivity contribution is 8.13. The van der Waals surface area contributed by atoms with Crippen LogP contribution in [0.5, 0.6) is 0 Å². The molecule has 1 aromatic heterocycles. The van der Waals surface area contributed by atoms with Crippen molar-refractivity contribution in [2.24, 2.45) is 0 Å². The topological polar surface area (TPSA) is 85.8 Å². The normalized spacial score (nSPS) is 15.6. The fourth-order valence-electron chi connectivity index (χ4n) is 3.07. The van der Waals surface area contributed by atoms with Gasteiger partial charge in [-0.25, -0.2) is 4.79 Å². The number of rotatable bonds is 8. The van der Waals surface area contributed by atoms with Gasteiger partial charge in [0.25, 0.3) is 0 Å². The molecule has 0 radical (unpaired) electrons. The number of hydrogen-bond donors (Lipinski definition) is 1. The van der Waals surface area contributed by atoms with Gasteiger partial charge in [-0.2, -0.15) is 0 Å². The maximum Gasteiger partial charge on any atom is 0.318 e. The SMILES string of the molecule is CC(=O)SCCN(CCc1ccncc1)C(=O)NC(C)C(=O)N1CCN(C)CC1. The number of aromatic nitrogens is 1. The van der Waals surface area contributed by atoms with E-state index < -0.39 is 6.04 Å². The molecule has 9 heteroatoms. The first kappa shape index (κ1) is 23.2. The summed E-state index contributed by atoms with van der Waals surface area (Å²) in [6, 6.07) is 2.97. The number of nitrogens with zero attached hydrogens (tertiary/aromatic N) is 4. The molecule has 1 saturated heterocycles. The number of amides is 3. The van der Waals surface area contributed by atoms with Crippen molar-refractivity contribution in [3.05, 3.63) is 30.1 Å². The van der Waals surface area contributed by atoms with E-state index in [1.165, 1.54) is 18.7 Å². The van der Waals surface area contributed by atoms with Crippen molar-refractivity contribution in [2.75, 3.05) is 52.1 Å². The third-order valence-corrected chi connectivity index (χ3v) is 5.69. The quantitative estimate of drug-likeness (QED) is 0.676. The molecule has 160 valence electrons. The van der Waals surface area contributed by atoms with Crippen LogP contribution in [0.3, 0.4) is 0 Å². The smallest absolute Gasteiger partial charge is 0.318 e. The minimum absolute atomic E-state index is 0.0260. The highest BCUT2D eigenvalue weighted by Gasteiger charge is 2.26. The number of urea groups is 1. The number of nitrogens with one attached hydrogen (secondary N) is 1. The second-order valence-electron chi connectivity index (χ2n) is 7.23. The van der Waals surface area contributed by atoms with Crippen LogP contribution in [-0.2, 0) is 16.0 Å². The lowest BCUT2D eigenvalue weighted by molar-refractivity contribution is -0.134. The second-order valence-corrected chi connectivity index (χ2v) is 8.50. The number of likely N-dealkylation sites (N-methyl/N-ethyl adjacent to an activating group) is 1. The van der Waals surface area contributed by atoms with Crippen molar-refractivity contribution >= 4 is 28.8 Å². The lowest BCUT2D eigenvalue weighted by Gasteiger charge is -2.34. The van der Waals surface area contributed by atoms with Crippen LogP contribution in [0.25, 0.3) is 0 Å². The summed E-state index contributed by atoms with van der Waals surface area (Å²) < 4.78 is 0. The Morgan fingerprint density at radius 1 is 1.17 bits per heavy atom. The summed E-state index contributed by atoms with van der Waals surface area (Å²) in [6.07, 6.45) is 4.13. The van der Waals surface area contributed by atoms with E-state index in [4.69, 9.17) is 0 Å². The Hall–Kier alpha value is -2.13. The maximum absolute atomic E-state index is 12.8. The number of pyridine rings is 1. The van der Waals surface area contributed by atoms with Gasteiger partial charge in [-0.05, 0) is 38.1 Å². The number of thioether (sulfide) groups is 1. The first-order chi connectivity index (χ1) is 13.9. The Kier molecular flexibility index (Phi) is 9.40. The zero-order chi connectivity index (χ0) is 21.2. The molecule has 0 spiro atoms. The molecule has 0 aromatic carbocycles. The van der Waals surface area contributed by atoms with Crippen molar-refractivity contribution in [1.29, 1.82) is 0 Å². The fourth-order valence-corrected chi connectivity index (χ4v) is 3.67. The lowest BCUT2D eigenvalue weighted by atomic mass is 10.2. The molecule has 29 heavy (non-hydrogen) atoms. The number of piperazine rings is 1. The van der Waals surface area contributed by atoms with Crippen molar-refractivity contribution in [2.45, 2.75) is 26.3 Å². The van der Waals surface area contributed by atoms with Gasteiger partial charge in [0.15, 0.2) is 5.12 Å². The highest BCUT2D eigenvalue weighted by atomic mass is 32.2. The van der Waals surface area contributed by atoms with Gasteiger partial charge < -0.3 is 20.0 Å². The molecule has 2 heterocycles. The summed E-state index contributed by atoms with van der Waals surface area (Å²) in [5.41, 5.74) is 1.08. The molecule has 1 N–H and O–H groups in total. The average Bonchev–Trinajstić information content (AvgIpc) is 2.71. The first-order valence-corrected chi connectivity index (χ1v) is 10.9. The van der Waals surface area contributed by atoms with E-state index in [-0.39, 0.29) is 17.1 Å². The molecule has 1 aliphatic heterocycles. The summed E-state index contributed by atoms with van der Waals surface area (Å²) in [5, 5.41) is 2.86. The predicted molar refractivity (Wildman–Crippen MR) is 115 cm³/mol. The molecular weight excluding hydrogens is 390 g/mol. The van der Waals surface area contributed by atoms with E-state index in [1.807, 2.05) is 19.2 Å². The maximum atomic E-state index is 12.8. The zero-order valence-corrected chi connectivity index (χ0v) is 18.3. The summed E-state index contributed by atoms with van der Waals surface area (Å²) >= 11 is 1.20. The van der Waals surface area contributed by atoms with Gasteiger partial charge in [0.2, 0.25) is 5.91 Å². The van der Waals surface area contributed by atoms with Gasteiger partial charge in [0.05, 0.1) is 0 Å². The van der Waals surface area contributed by atoms with E-state index in [2.05, 4.69) is 15.2 Å². The predicted octanol–water partition coefficient (Wildman–Crippen LogP) is 1.08. The van der Waals surface area contributed by atoms with Crippen LogP contribution >= 0.6 is 11.8 Å². The Labute approximate surface area is 177 Å². The summed E-state index contributed by atoms with van der Waals surface area (Å²) in [7, 11) is 2.03. The fraction of sp³-hybridized carbons (Fsp3) is 0.600. The Morgan fingerprint density at radius 2 is 1.83 bits per heavy atom. The van der Waals surface area contributed by atoms with Crippen molar-refractivity contribution in [3.63, 3.8) is 0 Å². The van der Waals surface area contributed by atoms with E-state index in [1.54, 1.807) is 29.1 Å². The molecule has 1 aromatic rings. The van der Waals surface area contributed by atoms with Crippen LogP contribution < -0.4 is 5.32 Å². The Morgan fingerprint density at radius 3 is 2.45 bits per heavy atom. The van der Waals surface area contributed by atoms with Crippen LogP contribution in [0.4, 0.5) is 4.79 Å². The van der Waals surface area contributed by atoms with Gasteiger partial charge in [0, 0.05) is 64.3 Å². The standard InChI is InChI=1S/C20H31N5O3S/c1-16(19(27)24-12-10-23(3)11-13-24)22-20(28)25(14-15-29-17(2)26)9-6-18-4-7-21-8-5-18/h4-5,7-8,16H,6,9-15H2,1-3H3,(H,22,28). The second kappa shape index (κ2) is 11.8. The molecule has 3 amide bonds. The number of carbonyl (C=O) groups excluding carboxylic acids is 3. The molecule has 8 nitrogen and oxygen atoms in total. The van der Waals surface area contributed by atoms with Gasteiger partial charge >= 0.3 is 6.03 Å². The summed E-state index contributed by atoms with van der Waals surface area (Å²) in [6.45, 7) is 7.22. The Bertz CT molecular complexity index is 680. The van der Waals surface area contributed by atoms with Gasteiger partial charge in [-0.3, -0.25) is 14.6 Å². The van der Waals surface area contributed by atoms with Crippen LogP contribution in [-0.4, -0.2) is 94.8 Å². The molecule has 1 aliphatic rings. The van der Waals surface area contributed by atoms with Crippen molar-refractivity contribution in [1.82, 2.24) is 25.0 Å². The van der Waals surface area contributed by atoms with Crippen molar-refractivity contribution in [3.8, 4) is 0 Å². The van der Waals surface area contributed by atoms with Gasteiger partial charge in [-0.1, -0.05) is 11.8 Å². The Balaban J connectivity index is 1.91. The molecule has 0 aliphatic carbocycles. The molecule has 1 unspecified atom stereocenters. The average molecular weight is 422 g/mol. The molecule has 1 atom stereocenters. The van der Waals surface area contributed by atoms with Crippen LogP contribution in [0.1, 0.15) is 19.4 Å². The van der Waals surface area contributed by atoms with Crippen LogP contribution in [0.15, 0.2) is 24.5 Å². The monoisotopic (exact) mass is 421 g/mol. The van der Waals surface area contributed by atoms with Crippen LogP contribution in [0.2, 0.25) is 0 Å². The summed E-state index contributed by atoms with van der Waals surface area (Å²) in [5.74, 6) is 0.471. The first-order valence-electron chi connectivity index (χ1n) is 9.92. The molecule has 0 bridgehead atoms. The highest BCUT2D eigenvalue weighted by Crippen LogP contribution is 2.07. The minimum atomic E-state index is -0.588. The van der Waals surface area contributed by atoms with Crippen molar-refractivity contribution < 1.29 is 14.4 Å². The summed E-state index contributed by atoms with van der Waals surface area (Å²) in [4.78, 5) is 46.4. The molecule has 1 fully saturated rings. The molecule has 2 rings (SSSR count). The van der Waals surface area contributed by atoms with Gasteiger partial charge in [0.1, 0.15) is 6.04 Å². The number of carbonyl (C=O) groups is 3. The third-order valence-electron chi connectivity index (χ3n) is 4.90. The molecule has 0 saturated carbocycles. The third kappa shape index (κ3) is 8.02.